The summed E-state index contributed by atoms with van der Waals surface area (Å²) < 4.78 is 5.81. The van der Waals surface area contributed by atoms with Gasteiger partial charge in [-0.15, -0.1) is 11.3 Å². The van der Waals surface area contributed by atoms with E-state index in [0.29, 0.717) is 13.2 Å². The molecule has 2 aliphatic rings. The minimum atomic E-state index is -0.0301. The maximum absolute atomic E-state index is 11.4. The van der Waals surface area contributed by atoms with Gasteiger partial charge in [0.05, 0.1) is 16.4 Å². The van der Waals surface area contributed by atoms with Crippen molar-refractivity contribution >= 4 is 33.6 Å². The molecule has 5 nitrogen and oxygen atoms in total. The molecule has 4 rings (SSSR count). The lowest BCUT2D eigenvalue weighted by Gasteiger charge is -2.19. The van der Waals surface area contributed by atoms with E-state index in [9.17, 15) is 4.79 Å². The van der Waals surface area contributed by atoms with Crippen LogP contribution in [0.4, 0.5) is 10.7 Å². The van der Waals surface area contributed by atoms with Gasteiger partial charge in [-0.3, -0.25) is 9.69 Å². The SMILES string of the molecule is CC1CC(=O)NN=C1c1ccc2c(c1)OCN2c1cccs1. The maximum atomic E-state index is 11.4. The third-order valence-corrected chi connectivity index (χ3v) is 4.82. The first-order valence-corrected chi connectivity index (χ1v) is 8.05. The minimum Gasteiger partial charge on any atom is -0.471 e. The van der Waals surface area contributed by atoms with E-state index in [0.717, 1.165) is 22.7 Å². The Balaban J connectivity index is 1.68. The molecule has 6 heteroatoms. The molecule has 1 atom stereocenters. The van der Waals surface area contributed by atoms with Gasteiger partial charge in [0.1, 0.15) is 5.75 Å². The summed E-state index contributed by atoms with van der Waals surface area (Å²) in [7, 11) is 0. The van der Waals surface area contributed by atoms with Gasteiger partial charge in [-0.05, 0) is 29.6 Å². The third-order valence-electron chi connectivity index (χ3n) is 3.93. The molecule has 112 valence electrons. The molecule has 3 heterocycles. The Kier molecular flexibility index (Phi) is 3.11. The molecule has 2 aliphatic heterocycles. The van der Waals surface area contributed by atoms with E-state index >= 15 is 0 Å². The van der Waals surface area contributed by atoms with E-state index in [2.05, 4.69) is 32.9 Å². The van der Waals surface area contributed by atoms with Gasteiger partial charge in [-0.25, -0.2) is 5.43 Å². The summed E-state index contributed by atoms with van der Waals surface area (Å²) in [5.74, 6) is 0.942. The number of hydrogen-bond donors (Lipinski definition) is 1. The van der Waals surface area contributed by atoms with Gasteiger partial charge in [0.25, 0.3) is 0 Å². The summed E-state index contributed by atoms with van der Waals surface area (Å²) in [6.45, 7) is 2.54. The van der Waals surface area contributed by atoms with Crippen LogP contribution in [0.5, 0.6) is 5.75 Å². The zero-order valence-corrected chi connectivity index (χ0v) is 12.9. The van der Waals surface area contributed by atoms with Crippen LogP contribution in [0.2, 0.25) is 0 Å². The second-order valence-corrected chi connectivity index (χ2v) is 6.40. The zero-order valence-electron chi connectivity index (χ0n) is 12.1. The van der Waals surface area contributed by atoms with Crippen molar-refractivity contribution in [1.82, 2.24) is 5.43 Å². The normalized spacial score (nSPS) is 20.2. The number of ether oxygens (including phenoxy) is 1. The smallest absolute Gasteiger partial charge is 0.240 e. The summed E-state index contributed by atoms with van der Waals surface area (Å²) in [6, 6.07) is 10.2. The molecule has 1 aromatic carbocycles. The Bertz CT molecular complexity index is 755. The first-order chi connectivity index (χ1) is 10.7. The van der Waals surface area contributed by atoms with Crippen LogP contribution in [-0.4, -0.2) is 18.3 Å². The van der Waals surface area contributed by atoms with E-state index in [1.165, 1.54) is 5.00 Å². The van der Waals surface area contributed by atoms with Crippen LogP contribution in [0, 0.1) is 5.92 Å². The number of hydrogen-bond acceptors (Lipinski definition) is 5. The van der Waals surface area contributed by atoms with Crippen molar-refractivity contribution in [1.29, 1.82) is 0 Å². The number of thiophene rings is 1. The monoisotopic (exact) mass is 313 g/mol. The molecule has 2 aromatic rings. The van der Waals surface area contributed by atoms with Crippen LogP contribution in [-0.2, 0) is 4.79 Å². The summed E-state index contributed by atoms with van der Waals surface area (Å²) >= 11 is 1.69. The molecule has 0 saturated heterocycles. The Hall–Kier alpha value is -2.34. The number of hydrazone groups is 1. The number of amides is 1. The van der Waals surface area contributed by atoms with Gasteiger partial charge in [0.2, 0.25) is 5.91 Å². The maximum Gasteiger partial charge on any atom is 0.240 e. The first-order valence-electron chi connectivity index (χ1n) is 7.17. The quantitative estimate of drug-likeness (QED) is 0.927. The molecule has 0 saturated carbocycles. The van der Waals surface area contributed by atoms with Gasteiger partial charge < -0.3 is 4.74 Å². The average Bonchev–Trinajstić information content (AvgIpc) is 3.15. The lowest BCUT2D eigenvalue weighted by molar-refractivity contribution is -0.121. The number of fused-ring (bicyclic) bond motifs is 1. The Morgan fingerprint density at radius 3 is 3.09 bits per heavy atom. The van der Waals surface area contributed by atoms with Crippen molar-refractivity contribution in [2.45, 2.75) is 13.3 Å². The largest absolute Gasteiger partial charge is 0.471 e. The van der Waals surface area contributed by atoms with Crippen LogP contribution in [0.3, 0.4) is 0 Å². The van der Waals surface area contributed by atoms with E-state index in [1.54, 1.807) is 11.3 Å². The summed E-state index contributed by atoms with van der Waals surface area (Å²) in [5, 5.41) is 7.43. The molecule has 0 fully saturated rings. The Morgan fingerprint density at radius 1 is 1.41 bits per heavy atom. The zero-order chi connectivity index (χ0) is 15.1. The van der Waals surface area contributed by atoms with E-state index in [1.807, 2.05) is 25.1 Å². The van der Waals surface area contributed by atoms with E-state index in [-0.39, 0.29) is 11.8 Å². The first kappa shape index (κ1) is 13.3. The minimum absolute atomic E-state index is 0.0301. The van der Waals surface area contributed by atoms with Crippen molar-refractivity contribution in [3.63, 3.8) is 0 Å². The van der Waals surface area contributed by atoms with Crippen LogP contribution >= 0.6 is 11.3 Å². The molecular formula is C16H15N3O2S. The number of carbonyl (C=O) groups excluding carboxylic acids is 1. The standard InChI is InChI=1S/C16H15N3O2S/c1-10-7-14(20)17-18-16(10)11-4-5-12-13(8-11)21-9-19(12)15-3-2-6-22-15/h2-6,8,10H,7,9H2,1H3,(H,17,20). The highest BCUT2D eigenvalue weighted by molar-refractivity contribution is 7.14. The topological polar surface area (TPSA) is 53.9 Å². The molecule has 0 aliphatic carbocycles. The Morgan fingerprint density at radius 2 is 2.32 bits per heavy atom. The highest BCUT2D eigenvalue weighted by Crippen LogP contribution is 2.41. The second-order valence-electron chi connectivity index (χ2n) is 5.47. The van der Waals surface area contributed by atoms with Crippen LogP contribution < -0.4 is 15.1 Å². The summed E-state index contributed by atoms with van der Waals surface area (Å²) in [4.78, 5) is 13.5. The van der Waals surface area contributed by atoms with Crippen LogP contribution in [0.1, 0.15) is 18.9 Å². The molecule has 0 spiro atoms. The molecule has 1 aromatic heterocycles. The third kappa shape index (κ3) is 2.16. The highest BCUT2D eigenvalue weighted by atomic mass is 32.1. The van der Waals surface area contributed by atoms with Crippen molar-refractivity contribution in [2.75, 3.05) is 11.6 Å². The van der Waals surface area contributed by atoms with Gasteiger partial charge in [0, 0.05) is 17.9 Å². The molecule has 0 radical (unpaired) electrons. The fourth-order valence-corrected chi connectivity index (χ4v) is 3.56. The average molecular weight is 313 g/mol. The van der Waals surface area contributed by atoms with Crippen molar-refractivity contribution in [3.8, 4) is 5.75 Å². The number of benzene rings is 1. The van der Waals surface area contributed by atoms with Gasteiger partial charge in [-0.2, -0.15) is 5.10 Å². The predicted octanol–water partition coefficient (Wildman–Crippen LogP) is 3.10. The van der Waals surface area contributed by atoms with Crippen molar-refractivity contribution in [2.24, 2.45) is 11.0 Å². The van der Waals surface area contributed by atoms with Gasteiger partial charge in [-0.1, -0.05) is 13.0 Å². The van der Waals surface area contributed by atoms with E-state index in [4.69, 9.17) is 4.74 Å². The molecule has 22 heavy (non-hydrogen) atoms. The lowest BCUT2D eigenvalue weighted by Crippen LogP contribution is -2.31. The number of anilines is 2. The molecule has 0 bridgehead atoms. The Labute approximate surface area is 132 Å². The number of nitrogens with zero attached hydrogens (tertiary/aromatic N) is 2. The van der Waals surface area contributed by atoms with Crippen molar-refractivity contribution < 1.29 is 9.53 Å². The number of nitrogens with one attached hydrogen (secondary N) is 1. The lowest BCUT2D eigenvalue weighted by atomic mass is 9.94. The van der Waals surface area contributed by atoms with E-state index < -0.39 is 0 Å². The fraction of sp³-hybridized carbons (Fsp3) is 0.250. The molecule has 1 N–H and O–H groups in total. The summed E-state index contributed by atoms with van der Waals surface area (Å²) in [5.41, 5.74) is 5.53. The fourth-order valence-electron chi connectivity index (χ4n) is 2.82. The van der Waals surface area contributed by atoms with Crippen molar-refractivity contribution in [3.05, 3.63) is 41.3 Å². The van der Waals surface area contributed by atoms with Crippen LogP contribution in [0.25, 0.3) is 0 Å². The number of rotatable bonds is 2. The second kappa shape index (κ2) is 5.14. The van der Waals surface area contributed by atoms with Gasteiger partial charge in [0.15, 0.2) is 6.73 Å². The molecule has 1 unspecified atom stereocenters. The predicted molar refractivity (Wildman–Crippen MR) is 86.9 cm³/mol. The van der Waals surface area contributed by atoms with Crippen LogP contribution in [0.15, 0.2) is 40.8 Å². The highest BCUT2D eigenvalue weighted by Gasteiger charge is 2.26. The van der Waals surface area contributed by atoms with Gasteiger partial charge >= 0.3 is 0 Å². The molecular weight excluding hydrogens is 298 g/mol. The molecule has 1 amide bonds. The number of carbonyl (C=O) groups is 1. The summed E-state index contributed by atoms with van der Waals surface area (Å²) in [6.07, 6.45) is 0.470.